The van der Waals surface area contributed by atoms with Crippen LogP contribution in [0.5, 0.6) is 0 Å². The number of rotatable bonds is 10. The quantitative estimate of drug-likeness (QED) is 0.295. The average Bonchev–Trinajstić information content (AvgIpc) is 2.72. The van der Waals surface area contributed by atoms with Gasteiger partial charge in [-0.1, -0.05) is 31.9 Å². The topological polar surface area (TPSA) is 27.7 Å². The number of ether oxygens (including phenoxy) is 3. The van der Waals surface area contributed by atoms with Crippen LogP contribution in [0.4, 0.5) is 8.78 Å². The minimum Gasteiger partial charge on any atom is -0.498 e. The maximum atomic E-state index is 14.2. The number of hydrogen-bond donors (Lipinski definition) is 0. The summed E-state index contributed by atoms with van der Waals surface area (Å²) in [6.07, 6.45) is 9.27. The van der Waals surface area contributed by atoms with Crippen LogP contribution < -0.4 is 0 Å². The smallest absolute Gasteiger partial charge is 0.196 e. The van der Waals surface area contributed by atoms with Crippen molar-refractivity contribution in [2.45, 2.75) is 73.0 Å². The highest BCUT2D eigenvalue weighted by molar-refractivity contribution is 5.39. The molecule has 0 saturated carbocycles. The first kappa shape index (κ1) is 24.6. The van der Waals surface area contributed by atoms with Gasteiger partial charge < -0.3 is 14.2 Å². The fourth-order valence-corrected chi connectivity index (χ4v) is 2.88. The van der Waals surface area contributed by atoms with Gasteiger partial charge in [0.1, 0.15) is 5.76 Å². The fourth-order valence-electron chi connectivity index (χ4n) is 2.88. The van der Waals surface area contributed by atoms with Crippen LogP contribution in [0.2, 0.25) is 0 Å². The van der Waals surface area contributed by atoms with Gasteiger partial charge in [0.2, 0.25) is 0 Å². The Kier molecular flexibility index (Phi) is 11.3. The maximum Gasteiger partial charge on any atom is 0.196 e. The molecule has 1 aliphatic rings. The summed E-state index contributed by atoms with van der Waals surface area (Å²) in [5.41, 5.74) is 1.88. The number of halogens is 2. The Morgan fingerprint density at radius 3 is 2.36 bits per heavy atom. The Labute approximate surface area is 169 Å². The third-order valence-electron chi connectivity index (χ3n) is 5.14. The van der Waals surface area contributed by atoms with Crippen LogP contribution in [0, 0.1) is 5.92 Å². The lowest BCUT2D eigenvalue weighted by molar-refractivity contribution is -0.171. The van der Waals surface area contributed by atoms with Gasteiger partial charge >= 0.3 is 0 Å². The molecule has 0 aromatic heterocycles. The Bertz CT molecular complexity index is 609. The first-order chi connectivity index (χ1) is 13.3. The normalized spacial score (nSPS) is 23.3. The molecular formula is C23H36F2O3. The van der Waals surface area contributed by atoms with Crippen molar-refractivity contribution in [2.75, 3.05) is 20.3 Å². The molecule has 0 radical (unpaired) electrons. The largest absolute Gasteiger partial charge is 0.498 e. The molecule has 2 unspecified atom stereocenters. The summed E-state index contributed by atoms with van der Waals surface area (Å²) in [6.45, 7) is 10.1. The summed E-state index contributed by atoms with van der Waals surface area (Å²) >= 11 is 0. The Balaban J connectivity index is 2.55. The predicted octanol–water partition coefficient (Wildman–Crippen LogP) is 6.93. The van der Waals surface area contributed by atoms with Gasteiger partial charge in [-0.3, -0.25) is 0 Å². The SMILES string of the molecule is CCCCC1CCC(OC/C(C)=C/C=C(C)/C(C)=C(F)/C(F)=C(\C)OC)OC1. The van der Waals surface area contributed by atoms with Crippen molar-refractivity contribution in [1.29, 1.82) is 0 Å². The predicted molar refractivity (Wildman–Crippen MR) is 110 cm³/mol. The average molecular weight is 399 g/mol. The van der Waals surface area contributed by atoms with Crippen LogP contribution in [0.1, 0.15) is 66.7 Å². The number of hydrogen-bond acceptors (Lipinski definition) is 3. The molecule has 5 heteroatoms. The third kappa shape index (κ3) is 8.27. The van der Waals surface area contributed by atoms with E-state index in [1.165, 1.54) is 33.3 Å². The second kappa shape index (κ2) is 12.9. The summed E-state index contributed by atoms with van der Waals surface area (Å²) < 4.78 is 44.4. The van der Waals surface area contributed by atoms with E-state index in [1.54, 1.807) is 19.9 Å². The zero-order chi connectivity index (χ0) is 21.1. The van der Waals surface area contributed by atoms with E-state index in [0.29, 0.717) is 18.1 Å². The van der Waals surface area contributed by atoms with E-state index < -0.39 is 11.7 Å². The third-order valence-corrected chi connectivity index (χ3v) is 5.14. The molecule has 28 heavy (non-hydrogen) atoms. The minimum absolute atomic E-state index is 0.0748. The molecule has 0 spiro atoms. The van der Waals surface area contributed by atoms with Crippen LogP contribution in [0.15, 0.2) is 46.3 Å². The summed E-state index contributed by atoms with van der Waals surface area (Å²) in [4.78, 5) is 0. The van der Waals surface area contributed by atoms with Crippen molar-refractivity contribution in [3.8, 4) is 0 Å². The summed E-state index contributed by atoms with van der Waals surface area (Å²) in [5, 5.41) is 0. The maximum absolute atomic E-state index is 14.2. The van der Waals surface area contributed by atoms with Crippen molar-refractivity contribution in [2.24, 2.45) is 5.92 Å². The van der Waals surface area contributed by atoms with Crippen molar-refractivity contribution < 1.29 is 23.0 Å². The number of unbranched alkanes of at least 4 members (excludes halogenated alkanes) is 1. The summed E-state index contributed by atoms with van der Waals surface area (Å²) in [5.74, 6) is -1.29. The second-order valence-electron chi connectivity index (χ2n) is 7.54. The molecule has 0 amide bonds. The molecule has 0 bridgehead atoms. The van der Waals surface area contributed by atoms with Crippen LogP contribution >= 0.6 is 0 Å². The highest BCUT2D eigenvalue weighted by Gasteiger charge is 2.21. The van der Waals surface area contributed by atoms with E-state index in [-0.39, 0.29) is 17.6 Å². The highest BCUT2D eigenvalue weighted by atomic mass is 19.2. The molecule has 1 rings (SSSR count). The number of methoxy groups -OCH3 is 1. The molecule has 1 heterocycles. The molecule has 2 atom stereocenters. The van der Waals surface area contributed by atoms with Gasteiger partial charge in [-0.05, 0) is 69.6 Å². The molecule has 1 aliphatic heterocycles. The van der Waals surface area contributed by atoms with E-state index in [4.69, 9.17) is 14.2 Å². The zero-order valence-electron chi connectivity index (χ0n) is 18.2. The molecule has 0 aromatic carbocycles. The van der Waals surface area contributed by atoms with Gasteiger partial charge in [0.15, 0.2) is 17.9 Å². The summed E-state index contributed by atoms with van der Waals surface area (Å²) in [6, 6.07) is 0. The molecule has 0 N–H and O–H groups in total. The second-order valence-corrected chi connectivity index (χ2v) is 7.54. The van der Waals surface area contributed by atoms with Gasteiger partial charge in [0.25, 0.3) is 0 Å². The monoisotopic (exact) mass is 398 g/mol. The van der Waals surface area contributed by atoms with Crippen molar-refractivity contribution >= 4 is 0 Å². The lowest BCUT2D eigenvalue weighted by Gasteiger charge is -2.29. The van der Waals surface area contributed by atoms with Crippen LogP contribution in [-0.2, 0) is 14.2 Å². The molecule has 0 aromatic rings. The van der Waals surface area contributed by atoms with Gasteiger partial charge in [-0.2, -0.15) is 0 Å². The van der Waals surface area contributed by atoms with E-state index in [1.807, 2.05) is 13.0 Å². The standard InChI is InChI=1S/C23H36F2O3/c1-7-8-9-20-12-13-21(28-15-20)27-14-16(2)10-11-17(3)18(4)22(24)23(25)19(5)26-6/h10-11,20-21H,7-9,12-15H2,1-6H3/b16-10+,17-11+,22-18-,23-19-. The molecule has 1 saturated heterocycles. The first-order valence-corrected chi connectivity index (χ1v) is 10.1. The Hall–Kier alpha value is -1.46. The van der Waals surface area contributed by atoms with Crippen LogP contribution in [0.3, 0.4) is 0 Å². The first-order valence-electron chi connectivity index (χ1n) is 10.1. The van der Waals surface area contributed by atoms with Crippen molar-refractivity contribution in [3.05, 3.63) is 46.3 Å². The van der Waals surface area contributed by atoms with Gasteiger partial charge in [0, 0.05) is 0 Å². The minimum atomic E-state index is -0.969. The van der Waals surface area contributed by atoms with Crippen molar-refractivity contribution in [1.82, 2.24) is 0 Å². The lowest BCUT2D eigenvalue weighted by Crippen LogP contribution is -2.28. The van der Waals surface area contributed by atoms with E-state index in [0.717, 1.165) is 25.0 Å². The van der Waals surface area contributed by atoms with Gasteiger partial charge in [-0.25, -0.2) is 8.78 Å². The van der Waals surface area contributed by atoms with Gasteiger partial charge in [-0.15, -0.1) is 0 Å². The van der Waals surface area contributed by atoms with Crippen molar-refractivity contribution in [3.63, 3.8) is 0 Å². The number of allylic oxidation sites excluding steroid dienone is 7. The van der Waals surface area contributed by atoms with E-state index >= 15 is 0 Å². The Morgan fingerprint density at radius 2 is 1.79 bits per heavy atom. The summed E-state index contributed by atoms with van der Waals surface area (Å²) in [7, 11) is 1.31. The fraction of sp³-hybridized carbons (Fsp3) is 0.652. The molecule has 160 valence electrons. The van der Waals surface area contributed by atoms with Crippen LogP contribution in [0.25, 0.3) is 0 Å². The van der Waals surface area contributed by atoms with Gasteiger partial charge in [0.05, 0.1) is 20.3 Å². The molecule has 3 nitrogen and oxygen atoms in total. The lowest BCUT2D eigenvalue weighted by atomic mass is 9.96. The van der Waals surface area contributed by atoms with E-state index in [9.17, 15) is 8.78 Å². The van der Waals surface area contributed by atoms with Crippen LogP contribution in [-0.4, -0.2) is 26.6 Å². The Morgan fingerprint density at radius 1 is 1.07 bits per heavy atom. The molecular weight excluding hydrogens is 362 g/mol. The molecule has 1 fully saturated rings. The molecule has 0 aliphatic carbocycles. The van der Waals surface area contributed by atoms with E-state index in [2.05, 4.69) is 6.92 Å². The zero-order valence-corrected chi connectivity index (χ0v) is 18.2. The highest BCUT2D eigenvalue weighted by Crippen LogP contribution is 2.26.